The monoisotopic (exact) mass is 255 g/mol. The van der Waals surface area contributed by atoms with Crippen molar-refractivity contribution in [2.24, 2.45) is 0 Å². The van der Waals surface area contributed by atoms with Crippen molar-refractivity contribution in [2.75, 3.05) is 11.5 Å². The molecule has 0 atom stereocenters. The van der Waals surface area contributed by atoms with E-state index in [0.29, 0.717) is 5.69 Å². The van der Waals surface area contributed by atoms with Crippen molar-refractivity contribution in [1.29, 1.82) is 0 Å². The Bertz CT molecular complexity index is 372. The summed E-state index contributed by atoms with van der Waals surface area (Å²) < 4.78 is 5.48. The molecule has 0 saturated carbocycles. The van der Waals surface area contributed by atoms with Gasteiger partial charge in [0, 0.05) is 4.47 Å². The van der Waals surface area contributed by atoms with Gasteiger partial charge < -0.3 is 4.74 Å². The van der Waals surface area contributed by atoms with Crippen molar-refractivity contribution in [3.05, 3.63) is 28.7 Å². The molecule has 0 radical (unpaired) electrons. The predicted molar refractivity (Wildman–Crippen MR) is 53.0 cm³/mol. The van der Waals surface area contributed by atoms with E-state index in [4.69, 9.17) is 0 Å². The van der Waals surface area contributed by atoms with Gasteiger partial charge in [-0.3, -0.25) is 4.79 Å². The highest BCUT2D eigenvalue weighted by Gasteiger charge is 2.32. The molecule has 0 spiro atoms. The zero-order chi connectivity index (χ0) is 10.1. The summed E-state index contributed by atoms with van der Waals surface area (Å²) in [7, 11) is 0. The van der Waals surface area contributed by atoms with Crippen LogP contribution in [-0.2, 0) is 9.53 Å². The van der Waals surface area contributed by atoms with Crippen LogP contribution in [0.2, 0.25) is 0 Å². The van der Waals surface area contributed by atoms with Gasteiger partial charge in [0.2, 0.25) is 0 Å². The predicted octanol–water partition coefficient (Wildman–Crippen LogP) is 1.93. The van der Waals surface area contributed by atoms with Gasteiger partial charge in [-0.2, -0.15) is 0 Å². The first-order valence-electron chi connectivity index (χ1n) is 3.94. The van der Waals surface area contributed by atoms with Gasteiger partial charge in [-0.15, -0.1) is 0 Å². The van der Waals surface area contributed by atoms with E-state index in [0.717, 1.165) is 9.37 Å². The third kappa shape index (κ3) is 1.50. The molecule has 1 aliphatic rings. The number of nitrogens with zero attached hydrogens (tertiary/aromatic N) is 1. The van der Waals surface area contributed by atoms with Crippen LogP contribution in [0.4, 0.5) is 10.5 Å². The van der Waals surface area contributed by atoms with Gasteiger partial charge >= 0.3 is 6.09 Å². The van der Waals surface area contributed by atoms with Gasteiger partial charge in [0.15, 0.2) is 6.61 Å². The second-order valence-corrected chi connectivity index (χ2v) is 3.68. The molecule has 2 amide bonds. The molecule has 1 fully saturated rings. The maximum Gasteiger partial charge on any atom is 0.421 e. The number of benzene rings is 1. The van der Waals surface area contributed by atoms with Crippen LogP contribution in [0.25, 0.3) is 0 Å². The Hall–Kier alpha value is -1.36. The second kappa shape index (κ2) is 3.42. The first-order valence-corrected chi connectivity index (χ1v) is 4.73. The number of halogens is 1. The number of carbonyl (C=O) groups is 2. The average Bonchev–Trinajstić information content (AvgIpc) is 2.49. The zero-order valence-electron chi connectivity index (χ0n) is 7.07. The summed E-state index contributed by atoms with van der Waals surface area (Å²) >= 11 is 3.26. The zero-order valence-corrected chi connectivity index (χ0v) is 8.65. The summed E-state index contributed by atoms with van der Waals surface area (Å²) in [6, 6.07) is 6.87. The van der Waals surface area contributed by atoms with E-state index in [1.54, 1.807) is 24.3 Å². The van der Waals surface area contributed by atoms with Crippen molar-refractivity contribution < 1.29 is 14.3 Å². The highest BCUT2D eigenvalue weighted by Crippen LogP contribution is 2.21. The van der Waals surface area contributed by atoms with Gasteiger partial charge in [0.25, 0.3) is 5.91 Å². The van der Waals surface area contributed by atoms with Crippen LogP contribution in [0.5, 0.6) is 0 Å². The standard InChI is InChI=1S/C9H6BrNO3/c10-6-1-3-7(4-2-6)11-8(12)5-14-9(11)13/h1-4H,5H2. The van der Waals surface area contributed by atoms with Crippen LogP contribution < -0.4 is 4.90 Å². The minimum absolute atomic E-state index is 0.172. The summed E-state index contributed by atoms with van der Waals surface area (Å²) in [6.07, 6.45) is -0.614. The van der Waals surface area contributed by atoms with Crippen molar-refractivity contribution in [3.63, 3.8) is 0 Å². The van der Waals surface area contributed by atoms with Crippen LogP contribution in [0.1, 0.15) is 0 Å². The molecule has 0 unspecified atom stereocenters. The molecule has 2 rings (SSSR count). The molecule has 0 bridgehead atoms. The molecule has 72 valence electrons. The number of imide groups is 1. The van der Waals surface area contributed by atoms with Crippen molar-refractivity contribution in [3.8, 4) is 0 Å². The Morgan fingerprint density at radius 2 is 1.86 bits per heavy atom. The summed E-state index contributed by atoms with van der Waals surface area (Å²) in [5.74, 6) is -0.336. The Morgan fingerprint density at radius 3 is 2.36 bits per heavy atom. The maximum atomic E-state index is 11.2. The van der Waals surface area contributed by atoms with Crippen LogP contribution in [0, 0.1) is 0 Å². The number of ether oxygens (including phenoxy) is 1. The Labute approximate surface area is 88.6 Å². The first-order chi connectivity index (χ1) is 6.68. The SMILES string of the molecule is O=C1COC(=O)N1c1ccc(Br)cc1. The van der Waals surface area contributed by atoms with E-state index in [1.165, 1.54) is 0 Å². The summed E-state index contributed by atoms with van der Waals surface area (Å²) in [5.41, 5.74) is 0.528. The lowest BCUT2D eigenvalue weighted by Crippen LogP contribution is -2.28. The number of hydrogen-bond donors (Lipinski definition) is 0. The third-order valence-corrected chi connectivity index (χ3v) is 2.36. The minimum Gasteiger partial charge on any atom is -0.439 e. The molecule has 1 aromatic carbocycles. The fourth-order valence-corrected chi connectivity index (χ4v) is 1.46. The van der Waals surface area contributed by atoms with Crippen LogP contribution in [0.15, 0.2) is 28.7 Å². The van der Waals surface area contributed by atoms with E-state index in [2.05, 4.69) is 20.7 Å². The third-order valence-electron chi connectivity index (χ3n) is 1.84. The molecule has 1 saturated heterocycles. The van der Waals surface area contributed by atoms with E-state index < -0.39 is 6.09 Å². The van der Waals surface area contributed by atoms with Crippen molar-refractivity contribution >= 4 is 33.6 Å². The fourth-order valence-electron chi connectivity index (χ4n) is 1.19. The number of hydrogen-bond acceptors (Lipinski definition) is 3. The van der Waals surface area contributed by atoms with Crippen LogP contribution in [-0.4, -0.2) is 18.6 Å². The number of rotatable bonds is 1. The highest BCUT2D eigenvalue weighted by molar-refractivity contribution is 9.10. The number of amides is 2. The second-order valence-electron chi connectivity index (χ2n) is 2.76. The molecule has 1 heterocycles. The highest BCUT2D eigenvalue weighted by atomic mass is 79.9. The molecular weight excluding hydrogens is 250 g/mol. The van der Waals surface area contributed by atoms with Gasteiger partial charge in [-0.05, 0) is 24.3 Å². The first kappa shape index (κ1) is 9.21. The Balaban J connectivity index is 2.34. The van der Waals surface area contributed by atoms with Crippen LogP contribution >= 0.6 is 15.9 Å². The maximum absolute atomic E-state index is 11.2. The van der Waals surface area contributed by atoms with E-state index in [9.17, 15) is 9.59 Å². The summed E-state index contributed by atoms with van der Waals surface area (Å²) in [4.78, 5) is 23.4. The minimum atomic E-state index is -0.614. The lowest BCUT2D eigenvalue weighted by Gasteiger charge is -2.09. The van der Waals surface area contributed by atoms with Gasteiger partial charge in [-0.1, -0.05) is 15.9 Å². The molecule has 1 aliphatic heterocycles. The molecule has 4 nitrogen and oxygen atoms in total. The van der Waals surface area contributed by atoms with E-state index in [-0.39, 0.29) is 12.5 Å². The smallest absolute Gasteiger partial charge is 0.421 e. The van der Waals surface area contributed by atoms with Gasteiger partial charge in [0.05, 0.1) is 5.69 Å². The molecular formula is C9H6BrNO3. The lowest BCUT2D eigenvalue weighted by atomic mass is 10.3. The number of anilines is 1. The molecule has 0 aromatic heterocycles. The van der Waals surface area contributed by atoms with Crippen LogP contribution in [0.3, 0.4) is 0 Å². The van der Waals surface area contributed by atoms with Crippen molar-refractivity contribution in [1.82, 2.24) is 0 Å². The van der Waals surface area contributed by atoms with E-state index >= 15 is 0 Å². The van der Waals surface area contributed by atoms with Gasteiger partial charge in [-0.25, -0.2) is 9.69 Å². The molecule has 0 aliphatic carbocycles. The number of cyclic esters (lactones) is 1. The average molecular weight is 256 g/mol. The lowest BCUT2D eigenvalue weighted by molar-refractivity contribution is -0.117. The Morgan fingerprint density at radius 1 is 1.21 bits per heavy atom. The van der Waals surface area contributed by atoms with E-state index in [1.807, 2.05) is 0 Å². The summed E-state index contributed by atoms with van der Waals surface area (Å²) in [5, 5.41) is 0. The molecule has 14 heavy (non-hydrogen) atoms. The quantitative estimate of drug-likeness (QED) is 0.771. The Kier molecular flexibility index (Phi) is 2.25. The largest absolute Gasteiger partial charge is 0.439 e. The topological polar surface area (TPSA) is 46.6 Å². The summed E-state index contributed by atoms with van der Waals surface area (Å²) in [6.45, 7) is -0.172. The van der Waals surface area contributed by atoms with Gasteiger partial charge in [0.1, 0.15) is 0 Å². The fraction of sp³-hybridized carbons (Fsp3) is 0.111. The normalized spacial score (nSPS) is 15.9. The molecule has 1 aromatic rings. The molecule has 5 heteroatoms. The number of carbonyl (C=O) groups excluding carboxylic acids is 2. The van der Waals surface area contributed by atoms with Crippen molar-refractivity contribution in [2.45, 2.75) is 0 Å². The molecule has 0 N–H and O–H groups in total.